The fourth-order valence-corrected chi connectivity index (χ4v) is 1.26. The number of hydrogen-bond acceptors (Lipinski definition) is 5. The van der Waals surface area contributed by atoms with Crippen LogP contribution in [-0.4, -0.2) is 31.2 Å². The maximum absolute atomic E-state index is 11.2. The quantitative estimate of drug-likeness (QED) is 0.756. The minimum atomic E-state index is -0.196. The summed E-state index contributed by atoms with van der Waals surface area (Å²) in [6, 6.07) is 5.41. The molecule has 0 radical (unpaired) electrons. The molecule has 1 heterocycles. The maximum atomic E-state index is 11.2. The lowest BCUT2D eigenvalue weighted by Gasteiger charge is -2.17. The van der Waals surface area contributed by atoms with Crippen LogP contribution in [0.5, 0.6) is 0 Å². The zero-order chi connectivity index (χ0) is 12.0. The summed E-state index contributed by atoms with van der Waals surface area (Å²) < 4.78 is 4.84. The predicted octanol–water partition coefficient (Wildman–Crippen LogP) is 1.05. The van der Waals surface area contributed by atoms with E-state index < -0.39 is 0 Å². The van der Waals surface area contributed by atoms with Crippen LogP contribution < -0.4 is 10.6 Å². The van der Waals surface area contributed by atoms with Crippen molar-refractivity contribution in [2.24, 2.45) is 0 Å². The summed E-state index contributed by atoms with van der Waals surface area (Å²) in [5.74, 6) is 1.03. The third kappa shape index (κ3) is 3.76. The number of hydrogen-bond donors (Lipinski definition) is 1. The van der Waals surface area contributed by atoms with Crippen molar-refractivity contribution in [1.29, 1.82) is 0 Å². The van der Waals surface area contributed by atoms with Crippen LogP contribution in [0, 0.1) is 0 Å². The average molecular weight is 223 g/mol. The first-order chi connectivity index (χ1) is 7.63. The van der Waals surface area contributed by atoms with Crippen LogP contribution in [0.1, 0.15) is 13.3 Å². The Labute approximate surface area is 95.2 Å². The van der Waals surface area contributed by atoms with Crippen molar-refractivity contribution in [3.63, 3.8) is 0 Å². The topological polar surface area (TPSA) is 68.5 Å². The lowest BCUT2D eigenvalue weighted by Crippen LogP contribution is -2.23. The van der Waals surface area contributed by atoms with E-state index >= 15 is 0 Å². The smallest absolute Gasteiger partial charge is 0.307 e. The van der Waals surface area contributed by atoms with Gasteiger partial charge < -0.3 is 15.4 Å². The molecule has 0 fully saturated rings. The van der Waals surface area contributed by atoms with Gasteiger partial charge in [0.25, 0.3) is 0 Å². The largest absolute Gasteiger partial charge is 0.466 e. The van der Waals surface area contributed by atoms with Crippen LogP contribution in [0.3, 0.4) is 0 Å². The van der Waals surface area contributed by atoms with Crippen molar-refractivity contribution in [2.45, 2.75) is 13.3 Å². The molecular formula is C11H17N3O2. The van der Waals surface area contributed by atoms with Crippen molar-refractivity contribution < 1.29 is 9.53 Å². The molecule has 0 spiro atoms. The number of carbonyl (C=O) groups excluding carboxylic acids is 1. The first kappa shape index (κ1) is 12.3. The fourth-order valence-electron chi connectivity index (χ4n) is 1.26. The summed E-state index contributed by atoms with van der Waals surface area (Å²) in [7, 11) is 1.86. The maximum Gasteiger partial charge on any atom is 0.307 e. The molecule has 0 aliphatic heterocycles. The molecule has 0 saturated carbocycles. The Hall–Kier alpha value is -1.78. The molecule has 0 amide bonds. The zero-order valence-electron chi connectivity index (χ0n) is 9.64. The number of pyridine rings is 1. The molecule has 0 aliphatic rings. The van der Waals surface area contributed by atoms with Crippen LogP contribution in [0.25, 0.3) is 0 Å². The number of rotatable bonds is 5. The van der Waals surface area contributed by atoms with E-state index in [4.69, 9.17) is 10.5 Å². The van der Waals surface area contributed by atoms with E-state index in [9.17, 15) is 4.79 Å². The van der Waals surface area contributed by atoms with Gasteiger partial charge >= 0.3 is 5.97 Å². The molecule has 5 heteroatoms. The first-order valence-electron chi connectivity index (χ1n) is 5.22. The molecule has 1 rings (SSSR count). The van der Waals surface area contributed by atoms with Gasteiger partial charge in [0.15, 0.2) is 0 Å². The van der Waals surface area contributed by atoms with E-state index in [0.717, 1.165) is 5.82 Å². The van der Waals surface area contributed by atoms with Gasteiger partial charge in [0.1, 0.15) is 11.6 Å². The molecule has 1 aromatic heterocycles. The summed E-state index contributed by atoms with van der Waals surface area (Å²) in [6.45, 7) is 2.77. The van der Waals surface area contributed by atoms with E-state index in [2.05, 4.69) is 4.98 Å². The Morgan fingerprint density at radius 2 is 2.31 bits per heavy atom. The van der Waals surface area contributed by atoms with Crippen molar-refractivity contribution in [2.75, 3.05) is 30.8 Å². The minimum absolute atomic E-state index is 0.196. The SMILES string of the molecule is CCOC(=O)CCN(C)c1cccc(N)n1. The van der Waals surface area contributed by atoms with Gasteiger partial charge in [-0.15, -0.1) is 0 Å². The zero-order valence-corrected chi connectivity index (χ0v) is 9.64. The molecular weight excluding hydrogens is 206 g/mol. The molecule has 2 N–H and O–H groups in total. The van der Waals surface area contributed by atoms with Gasteiger partial charge in [-0.3, -0.25) is 4.79 Å². The van der Waals surface area contributed by atoms with E-state index in [1.807, 2.05) is 24.1 Å². The monoisotopic (exact) mass is 223 g/mol. The third-order valence-electron chi connectivity index (χ3n) is 2.10. The number of nitrogens with two attached hydrogens (primary N) is 1. The highest BCUT2D eigenvalue weighted by Crippen LogP contribution is 2.10. The van der Waals surface area contributed by atoms with Gasteiger partial charge in [-0.25, -0.2) is 4.98 Å². The first-order valence-corrected chi connectivity index (χ1v) is 5.22. The molecule has 0 unspecified atom stereocenters. The van der Waals surface area contributed by atoms with Gasteiger partial charge in [0.2, 0.25) is 0 Å². The van der Waals surface area contributed by atoms with Gasteiger partial charge in [-0.05, 0) is 19.1 Å². The number of carbonyl (C=O) groups is 1. The molecule has 0 aromatic carbocycles. The van der Waals surface area contributed by atoms with Crippen molar-refractivity contribution in [3.05, 3.63) is 18.2 Å². The summed E-state index contributed by atoms with van der Waals surface area (Å²) in [6.07, 6.45) is 0.348. The third-order valence-corrected chi connectivity index (χ3v) is 2.10. The predicted molar refractivity (Wildman–Crippen MR) is 63.2 cm³/mol. The molecule has 1 aromatic rings. The number of anilines is 2. The summed E-state index contributed by atoms with van der Waals surface area (Å²) in [5.41, 5.74) is 5.57. The molecule has 0 bridgehead atoms. The minimum Gasteiger partial charge on any atom is -0.466 e. The van der Waals surface area contributed by atoms with Crippen LogP contribution in [0.2, 0.25) is 0 Å². The van der Waals surface area contributed by atoms with E-state index in [0.29, 0.717) is 25.4 Å². The Kier molecular flexibility index (Phi) is 4.57. The lowest BCUT2D eigenvalue weighted by molar-refractivity contribution is -0.142. The molecule has 0 saturated heterocycles. The van der Waals surface area contributed by atoms with Gasteiger partial charge in [-0.1, -0.05) is 6.07 Å². The number of nitrogens with zero attached hydrogens (tertiary/aromatic N) is 2. The van der Waals surface area contributed by atoms with E-state index in [1.165, 1.54) is 0 Å². The molecule has 88 valence electrons. The lowest BCUT2D eigenvalue weighted by atomic mass is 10.3. The van der Waals surface area contributed by atoms with Gasteiger partial charge in [0, 0.05) is 13.6 Å². The van der Waals surface area contributed by atoms with Crippen molar-refractivity contribution in [3.8, 4) is 0 Å². The van der Waals surface area contributed by atoms with Crippen molar-refractivity contribution in [1.82, 2.24) is 4.98 Å². The highest BCUT2D eigenvalue weighted by molar-refractivity contribution is 5.70. The summed E-state index contributed by atoms with van der Waals surface area (Å²) in [5, 5.41) is 0. The van der Waals surface area contributed by atoms with Crippen LogP contribution in [0.15, 0.2) is 18.2 Å². The number of nitrogen functional groups attached to an aromatic ring is 1. The Morgan fingerprint density at radius 3 is 2.94 bits per heavy atom. The molecule has 5 nitrogen and oxygen atoms in total. The van der Waals surface area contributed by atoms with Gasteiger partial charge in [0.05, 0.1) is 13.0 Å². The molecule has 0 aliphatic carbocycles. The summed E-state index contributed by atoms with van der Waals surface area (Å²) >= 11 is 0. The standard InChI is InChI=1S/C11H17N3O2/c1-3-16-11(15)7-8-14(2)10-6-4-5-9(12)13-10/h4-6H,3,7-8H2,1-2H3,(H2,12,13). The highest BCUT2D eigenvalue weighted by atomic mass is 16.5. The normalized spacial score (nSPS) is 9.88. The molecule has 16 heavy (non-hydrogen) atoms. The highest BCUT2D eigenvalue weighted by Gasteiger charge is 2.06. The Bertz CT molecular complexity index is 355. The second-order valence-electron chi connectivity index (χ2n) is 3.40. The number of ether oxygens (including phenoxy) is 1. The van der Waals surface area contributed by atoms with Crippen molar-refractivity contribution >= 4 is 17.6 Å². The number of aromatic nitrogens is 1. The Balaban J connectivity index is 2.46. The van der Waals surface area contributed by atoms with Crippen LogP contribution in [-0.2, 0) is 9.53 Å². The fraction of sp³-hybridized carbons (Fsp3) is 0.455. The van der Waals surface area contributed by atoms with Crippen LogP contribution in [0.4, 0.5) is 11.6 Å². The van der Waals surface area contributed by atoms with E-state index in [1.54, 1.807) is 13.0 Å². The Morgan fingerprint density at radius 1 is 1.56 bits per heavy atom. The summed E-state index contributed by atoms with van der Waals surface area (Å²) in [4.78, 5) is 17.2. The van der Waals surface area contributed by atoms with Gasteiger partial charge in [-0.2, -0.15) is 0 Å². The number of esters is 1. The van der Waals surface area contributed by atoms with Crippen LogP contribution >= 0.6 is 0 Å². The van der Waals surface area contributed by atoms with E-state index in [-0.39, 0.29) is 5.97 Å². The second-order valence-corrected chi connectivity index (χ2v) is 3.40. The second kappa shape index (κ2) is 5.95. The average Bonchev–Trinajstić information content (AvgIpc) is 2.26. The molecule has 0 atom stereocenters.